The lowest BCUT2D eigenvalue weighted by atomic mass is 9.99. The highest BCUT2D eigenvalue weighted by Crippen LogP contribution is 2.28. The third-order valence-corrected chi connectivity index (χ3v) is 3.58. The number of nitro groups is 1. The second-order valence-corrected chi connectivity index (χ2v) is 5.33. The smallest absolute Gasteiger partial charge is 0.306 e. The van der Waals surface area contributed by atoms with Crippen LogP contribution in [0.1, 0.15) is 50.7 Å². The van der Waals surface area contributed by atoms with Gasteiger partial charge in [-0.05, 0) is 43.9 Å². The number of non-ortho nitro benzene ring substituents is 1. The van der Waals surface area contributed by atoms with Gasteiger partial charge in [-0.2, -0.15) is 0 Å². The molecule has 112 valence electrons. The number of carbonyl (C=O) groups is 1. The number of allylic oxidation sites excluding steroid dienone is 1. The summed E-state index contributed by atoms with van der Waals surface area (Å²) >= 11 is 0. The average Bonchev–Trinajstić information content (AvgIpc) is 2.46. The summed E-state index contributed by atoms with van der Waals surface area (Å²) in [6.45, 7) is 2.02. The summed E-state index contributed by atoms with van der Waals surface area (Å²) in [5, 5.41) is 10.7. The first-order chi connectivity index (χ1) is 10.1. The second kappa shape index (κ2) is 7.02. The van der Waals surface area contributed by atoms with Crippen LogP contribution in [0, 0.1) is 10.1 Å². The normalized spacial score (nSPS) is 20.3. The van der Waals surface area contributed by atoms with Crippen LogP contribution in [0.25, 0.3) is 0 Å². The summed E-state index contributed by atoms with van der Waals surface area (Å²) in [6.07, 6.45) is 5.67. The largest absolute Gasteiger partial charge is 0.457 e. The van der Waals surface area contributed by atoms with E-state index in [2.05, 4.69) is 6.08 Å². The summed E-state index contributed by atoms with van der Waals surface area (Å²) in [7, 11) is 0. The van der Waals surface area contributed by atoms with Crippen molar-refractivity contribution >= 4 is 11.7 Å². The van der Waals surface area contributed by atoms with Gasteiger partial charge < -0.3 is 4.74 Å². The quantitative estimate of drug-likeness (QED) is 0.356. The molecule has 0 bridgehead atoms. The minimum atomic E-state index is -0.436. The predicted octanol–water partition coefficient (Wildman–Crippen LogP) is 4.09. The van der Waals surface area contributed by atoms with Gasteiger partial charge in [0.1, 0.15) is 6.10 Å². The minimum Gasteiger partial charge on any atom is -0.457 e. The Morgan fingerprint density at radius 3 is 2.62 bits per heavy atom. The van der Waals surface area contributed by atoms with Crippen LogP contribution in [0.15, 0.2) is 35.9 Å². The monoisotopic (exact) mass is 289 g/mol. The van der Waals surface area contributed by atoms with E-state index in [1.54, 1.807) is 12.1 Å². The first-order valence-electron chi connectivity index (χ1n) is 7.16. The van der Waals surface area contributed by atoms with Crippen LogP contribution in [0.2, 0.25) is 0 Å². The van der Waals surface area contributed by atoms with Crippen molar-refractivity contribution in [3.8, 4) is 0 Å². The van der Waals surface area contributed by atoms with E-state index in [1.807, 2.05) is 6.92 Å². The van der Waals surface area contributed by atoms with Crippen molar-refractivity contribution in [2.75, 3.05) is 0 Å². The molecule has 1 unspecified atom stereocenters. The van der Waals surface area contributed by atoms with Gasteiger partial charge in [0.15, 0.2) is 0 Å². The lowest BCUT2D eigenvalue weighted by molar-refractivity contribution is -0.384. The number of cyclic esters (lactones) is 1. The van der Waals surface area contributed by atoms with Gasteiger partial charge in [-0.1, -0.05) is 11.6 Å². The summed E-state index contributed by atoms with van der Waals surface area (Å²) in [5.41, 5.74) is 2.01. The first kappa shape index (κ1) is 15.2. The fourth-order valence-corrected chi connectivity index (χ4v) is 2.39. The summed E-state index contributed by atoms with van der Waals surface area (Å²) < 4.78 is 5.53. The average molecular weight is 289 g/mol. The molecule has 0 radical (unpaired) electrons. The molecule has 1 aliphatic heterocycles. The molecule has 5 heteroatoms. The van der Waals surface area contributed by atoms with Crippen molar-refractivity contribution < 1.29 is 14.5 Å². The summed E-state index contributed by atoms with van der Waals surface area (Å²) in [6, 6.07) is 6.21. The summed E-state index contributed by atoms with van der Waals surface area (Å²) in [4.78, 5) is 22.1. The van der Waals surface area contributed by atoms with Crippen molar-refractivity contribution in [1.82, 2.24) is 0 Å². The lowest BCUT2D eigenvalue weighted by Gasteiger charge is -2.20. The van der Waals surface area contributed by atoms with Gasteiger partial charge in [0.2, 0.25) is 0 Å². The van der Waals surface area contributed by atoms with Crippen molar-refractivity contribution in [2.24, 2.45) is 0 Å². The van der Waals surface area contributed by atoms with Gasteiger partial charge in [-0.25, -0.2) is 0 Å². The molecule has 1 aromatic carbocycles. The number of esters is 1. The molecule has 5 nitrogen and oxygen atoms in total. The maximum Gasteiger partial charge on any atom is 0.306 e. The topological polar surface area (TPSA) is 69.4 Å². The Hall–Kier alpha value is -2.17. The highest BCUT2D eigenvalue weighted by Gasteiger charge is 2.19. The summed E-state index contributed by atoms with van der Waals surface area (Å²) in [5.74, 6) is -0.201. The van der Waals surface area contributed by atoms with E-state index in [9.17, 15) is 14.9 Å². The van der Waals surface area contributed by atoms with Crippen LogP contribution < -0.4 is 0 Å². The third-order valence-electron chi connectivity index (χ3n) is 3.58. The molecular weight excluding hydrogens is 270 g/mol. The van der Waals surface area contributed by atoms with Gasteiger partial charge in [0.25, 0.3) is 5.69 Å². The van der Waals surface area contributed by atoms with E-state index in [4.69, 9.17) is 4.74 Å². The van der Waals surface area contributed by atoms with Gasteiger partial charge in [0.05, 0.1) is 4.92 Å². The number of carbonyl (C=O) groups excluding carboxylic acids is 1. The molecule has 0 spiro atoms. The Bertz CT molecular complexity index is 548. The van der Waals surface area contributed by atoms with Crippen LogP contribution in [0.3, 0.4) is 0 Å². The number of rotatable bonds is 2. The number of ether oxygens (including phenoxy) is 1. The SMILES string of the molecule is CC1=CCCCCC(=O)OC(c2ccc([N+](=O)[O-])cc2)C1. The maximum absolute atomic E-state index is 11.8. The number of nitrogens with zero attached hydrogens (tertiary/aromatic N) is 1. The van der Waals surface area contributed by atoms with E-state index in [0.717, 1.165) is 24.8 Å². The number of hydrogen-bond donors (Lipinski definition) is 0. The van der Waals surface area contributed by atoms with E-state index in [1.165, 1.54) is 17.7 Å². The molecule has 0 saturated heterocycles. The highest BCUT2D eigenvalue weighted by molar-refractivity contribution is 5.69. The molecular formula is C16H19NO4. The predicted molar refractivity (Wildman–Crippen MR) is 78.8 cm³/mol. The molecule has 1 aromatic rings. The fraction of sp³-hybridized carbons (Fsp3) is 0.438. The number of hydrogen-bond acceptors (Lipinski definition) is 4. The van der Waals surface area contributed by atoms with Gasteiger partial charge in [0, 0.05) is 25.0 Å². The number of benzene rings is 1. The Balaban J connectivity index is 2.21. The van der Waals surface area contributed by atoms with Crippen molar-refractivity contribution in [3.63, 3.8) is 0 Å². The van der Waals surface area contributed by atoms with Crippen LogP contribution in [-0.4, -0.2) is 10.9 Å². The molecule has 1 aliphatic rings. The van der Waals surface area contributed by atoms with E-state index in [0.29, 0.717) is 12.8 Å². The molecule has 1 atom stereocenters. The Labute approximate surface area is 123 Å². The lowest BCUT2D eigenvalue weighted by Crippen LogP contribution is -2.12. The molecule has 0 N–H and O–H groups in total. The molecule has 0 aliphatic carbocycles. The van der Waals surface area contributed by atoms with Crippen molar-refractivity contribution in [1.29, 1.82) is 0 Å². The van der Waals surface area contributed by atoms with E-state index >= 15 is 0 Å². The zero-order chi connectivity index (χ0) is 15.2. The van der Waals surface area contributed by atoms with Crippen LogP contribution >= 0.6 is 0 Å². The standard InChI is InChI=1S/C16H19NO4/c1-12-5-3-2-4-6-16(18)21-15(11-12)13-7-9-14(10-8-13)17(19)20/h5,7-10,15H,2-4,6,11H2,1H3. The van der Waals surface area contributed by atoms with E-state index in [-0.39, 0.29) is 17.8 Å². The van der Waals surface area contributed by atoms with Crippen LogP contribution in [0.4, 0.5) is 5.69 Å². The molecule has 0 amide bonds. The third kappa shape index (κ3) is 4.41. The van der Waals surface area contributed by atoms with Gasteiger partial charge >= 0.3 is 5.97 Å². The van der Waals surface area contributed by atoms with Crippen LogP contribution in [0.5, 0.6) is 0 Å². The Kier molecular flexibility index (Phi) is 5.09. The molecule has 2 rings (SSSR count). The van der Waals surface area contributed by atoms with Gasteiger partial charge in [-0.15, -0.1) is 0 Å². The molecule has 21 heavy (non-hydrogen) atoms. The Morgan fingerprint density at radius 1 is 1.24 bits per heavy atom. The first-order valence-corrected chi connectivity index (χ1v) is 7.16. The molecule has 0 saturated carbocycles. The maximum atomic E-state index is 11.8. The van der Waals surface area contributed by atoms with Crippen molar-refractivity contribution in [2.45, 2.75) is 45.1 Å². The molecule has 0 fully saturated rings. The van der Waals surface area contributed by atoms with E-state index < -0.39 is 4.92 Å². The second-order valence-electron chi connectivity index (χ2n) is 5.33. The zero-order valence-corrected chi connectivity index (χ0v) is 12.1. The Morgan fingerprint density at radius 2 is 1.95 bits per heavy atom. The number of nitro benzene ring substituents is 1. The molecule has 1 heterocycles. The fourth-order valence-electron chi connectivity index (χ4n) is 2.39. The molecule has 0 aromatic heterocycles. The zero-order valence-electron chi connectivity index (χ0n) is 12.1. The highest BCUT2D eigenvalue weighted by atomic mass is 16.6. The van der Waals surface area contributed by atoms with Crippen molar-refractivity contribution in [3.05, 3.63) is 51.6 Å². The van der Waals surface area contributed by atoms with Gasteiger partial charge in [-0.3, -0.25) is 14.9 Å². The minimum absolute atomic E-state index is 0.0391. The van der Waals surface area contributed by atoms with Crippen LogP contribution in [-0.2, 0) is 9.53 Å².